The van der Waals surface area contributed by atoms with Crippen LogP contribution in [0, 0.1) is 0 Å². The molecule has 2 fully saturated rings. The molecule has 0 unspecified atom stereocenters. The van der Waals surface area contributed by atoms with Crippen LogP contribution in [-0.2, 0) is 19.2 Å². The summed E-state index contributed by atoms with van der Waals surface area (Å²) < 4.78 is 1.80. The lowest BCUT2D eigenvalue weighted by Gasteiger charge is -2.34. The maximum absolute atomic E-state index is 12.5. The van der Waals surface area contributed by atoms with Crippen LogP contribution in [-0.4, -0.2) is 80.4 Å². The van der Waals surface area contributed by atoms with E-state index in [1.165, 1.54) is 6.08 Å². The van der Waals surface area contributed by atoms with Crippen molar-refractivity contribution in [2.45, 2.75) is 12.8 Å². The highest BCUT2D eigenvalue weighted by Gasteiger charge is 2.32. The third kappa shape index (κ3) is 3.93. The molecule has 0 atom stereocenters. The maximum Gasteiger partial charge on any atom is 0.246 e. The molecule has 4 heterocycles. The fourth-order valence-electron chi connectivity index (χ4n) is 3.60. The van der Waals surface area contributed by atoms with Gasteiger partial charge < -0.3 is 9.80 Å². The van der Waals surface area contributed by atoms with E-state index in [9.17, 15) is 19.2 Å². The van der Waals surface area contributed by atoms with Gasteiger partial charge in [-0.15, -0.1) is 0 Å². The molecular formula is C20H20ClN5O4. The predicted octanol–water partition coefficient (Wildman–Crippen LogP) is 0.821. The lowest BCUT2D eigenvalue weighted by atomic mass is 10.2. The van der Waals surface area contributed by atoms with Gasteiger partial charge >= 0.3 is 0 Å². The SMILES string of the molecule is O=C(/C=C/c1c(Cl)nc2ccccn12)N1CCN(C(=O)CN2C(=O)CCC2=O)CC1. The van der Waals surface area contributed by atoms with Gasteiger partial charge in [-0.25, -0.2) is 4.98 Å². The lowest BCUT2D eigenvalue weighted by molar-refractivity contribution is -0.146. The van der Waals surface area contributed by atoms with Crippen LogP contribution in [0.25, 0.3) is 11.7 Å². The third-order valence-corrected chi connectivity index (χ3v) is 5.58. The highest BCUT2D eigenvalue weighted by Crippen LogP contribution is 2.19. The fraction of sp³-hybridized carbons (Fsp3) is 0.350. The number of hydrogen-bond donors (Lipinski definition) is 0. The normalized spacial score (nSPS) is 17.6. The Balaban J connectivity index is 1.33. The van der Waals surface area contributed by atoms with E-state index in [0.29, 0.717) is 42.7 Å². The zero-order valence-corrected chi connectivity index (χ0v) is 16.9. The van der Waals surface area contributed by atoms with E-state index >= 15 is 0 Å². The Morgan fingerprint density at radius 2 is 1.70 bits per heavy atom. The van der Waals surface area contributed by atoms with Crippen molar-refractivity contribution in [3.05, 3.63) is 41.3 Å². The number of pyridine rings is 1. The van der Waals surface area contributed by atoms with Crippen molar-refractivity contribution in [1.82, 2.24) is 24.1 Å². The topological polar surface area (TPSA) is 95.3 Å². The number of imidazole rings is 1. The average Bonchev–Trinajstić information content (AvgIpc) is 3.24. The Kier molecular flexibility index (Phi) is 5.54. The first kappa shape index (κ1) is 20.1. The van der Waals surface area contributed by atoms with Crippen molar-refractivity contribution in [2.75, 3.05) is 32.7 Å². The second-order valence-electron chi connectivity index (χ2n) is 7.13. The summed E-state index contributed by atoms with van der Waals surface area (Å²) in [6.07, 6.45) is 5.22. The Morgan fingerprint density at radius 1 is 1.03 bits per heavy atom. The number of piperazine rings is 1. The van der Waals surface area contributed by atoms with Gasteiger partial charge in [-0.2, -0.15) is 0 Å². The van der Waals surface area contributed by atoms with E-state index < -0.39 is 0 Å². The Hall–Kier alpha value is -3.20. The molecule has 0 aromatic carbocycles. The van der Waals surface area contributed by atoms with Gasteiger partial charge in [0.15, 0.2) is 5.15 Å². The van der Waals surface area contributed by atoms with Gasteiger partial charge in [-0.3, -0.25) is 28.5 Å². The molecule has 2 saturated heterocycles. The van der Waals surface area contributed by atoms with Crippen molar-refractivity contribution in [2.24, 2.45) is 0 Å². The standard InChI is InChI=1S/C20H20ClN5O4/c21-20-14(25-8-2-1-3-15(25)22-20)4-5-16(27)23-9-11-24(12-10-23)19(30)13-26-17(28)6-7-18(26)29/h1-5,8H,6-7,9-13H2/b5-4+. The van der Waals surface area contributed by atoms with Crippen LogP contribution >= 0.6 is 11.6 Å². The molecule has 0 radical (unpaired) electrons. The molecule has 2 aliphatic rings. The van der Waals surface area contributed by atoms with E-state index in [1.54, 1.807) is 20.3 Å². The number of amides is 4. The van der Waals surface area contributed by atoms with Gasteiger partial charge in [0.2, 0.25) is 23.6 Å². The molecule has 156 valence electrons. The van der Waals surface area contributed by atoms with Crippen LogP contribution in [0.4, 0.5) is 0 Å². The van der Waals surface area contributed by atoms with Gasteiger partial charge in [0.1, 0.15) is 12.2 Å². The first-order valence-electron chi connectivity index (χ1n) is 9.64. The van der Waals surface area contributed by atoms with Gasteiger partial charge in [-0.1, -0.05) is 17.7 Å². The van der Waals surface area contributed by atoms with Crippen molar-refractivity contribution >= 4 is 47.0 Å². The van der Waals surface area contributed by atoms with Crippen LogP contribution in [0.3, 0.4) is 0 Å². The summed E-state index contributed by atoms with van der Waals surface area (Å²) in [5, 5.41) is 0.312. The summed E-state index contributed by atoms with van der Waals surface area (Å²) in [6, 6.07) is 5.53. The molecule has 2 aromatic rings. The fourth-order valence-corrected chi connectivity index (χ4v) is 3.84. The number of carbonyl (C=O) groups excluding carboxylic acids is 4. The molecule has 4 rings (SSSR count). The van der Waals surface area contributed by atoms with E-state index in [4.69, 9.17) is 11.6 Å². The van der Waals surface area contributed by atoms with Crippen molar-refractivity contribution in [3.63, 3.8) is 0 Å². The van der Waals surface area contributed by atoms with Gasteiger partial charge in [-0.05, 0) is 18.2 Å². The van der Waals surface area contributed by atoms with Crippen LogP contribution < -0.4 is 0 Å². The quantitative estimate of drug-likeness (QED) is 0.529. The number of imide groups is 1. The zero-order chi connectivity index (χ0) is 21.3. The summed E-state index contributed by atoms with van der Waals surface area (Å²) >= 11 is 6.18. The predicted molar refractivity (Wildman–Crippen MR) is 108 cm³/mol. The van der Waals surface area contributed by atoms with Crippen LogP contribution in [0.1, 0.15) is 18.5 Å². The Labute approximate surface area is 177 Å². The number of fused-ring (bicyclic) bond motifs is 1. The smallest absolute Gasteiger partial charge is 0.246 e. The molecule has 2 aromatic heterocycles. The van der Waals surface area contributed by atoms with E-state index in [0.717, 1.165) is 4.90 Å². The number of rotatable bonds is 4. The van der Waals surface area contributed by atoms with Crippen molar-refractivity contribution < 1.29 is 19.2 Å². The molecule has 0 bridgehead atoms. The summed E-state index contributed by atoms with van der Waals surface area (Å²) in [5.41, 5.74) is 1.31. The molecule has 2 aliphatic heterocycles. The minimum atomic E-state index is -0.307. The van der Waals surface area contributed by atoms with Gasteiger partial charge in [0, 0.05) is 51.3 Å². The molecular weight excluding hydrogens is 410 g/mol. The van der Waals surface area contributed by atoms with Crippen molar-refractivity contribution in [1.29, 1.82) is 0 Å². The van der Waals surface area contributed by atoms with Crippen molar-refractivity contribution in [3.8, 4) is 0 Å². The number of hydrogen-bond acceptors (Lipinski definition) is 5. The van der Waals surface area contributed by atoms with E-state index in [1.807, 2.05) is 24.4 Å². The monoisotopic (exact) mass is 429 g/mol. The van der Waals surface area contributed by atoms with E-state index in [-0.39, 0.29) is 43.0 Å². The second-order valence-corrected chi connectivity index (χ2v) is 7.49. The number of carbonyl (C=O) groups is 4. The maximum atomic E-state index is 12.5. The molecule has 10 heteroatoms. The minimum absolute atomic E-state index is 0.164. The van der Waals surface area contributed by atoms with E-state index in [2.05, 4.69) is 4.98 Å². The number of likely N-dealkylation sites (tertiary alicyclic amines) is 1. The summed E-state index contributed by atoms with van der Waals surface area (Å²) in [6.45, 7) is 1.23. The molecule has 0 saturated carbocycles. The molecule has 30 heavy (non-hydrogen) atoms. The van der Waals surface area contributed by atoms with Crippen LogP contribution in [0.2, 0.25) is 5.15 Å². The molecule has 9 nitrogen and oxygen atoms in total. The summed E-state index contributed by atoms with van der Waals surface area (Å²) in [4.78, 5) is 56.8. The van der Waals surface area contributed by atoms with Crippen LogP contribution in [0.15, 0.2) is 30.5 Å². The molecule has 0 aliphatic carbocycles. The highest BCUT2D eigenvalue weighted by molar-refractivity contribution is 6.31. The zero-order valence-electron chi connectivity index (χ0n) is 16.2. The lowest BCUT2D eigenvalue weighted by Crippen LogP contribution is -2.52. The molecule has 0 N–H and O–H groups in total. The molecule has 0 spiro atoms. The minimum Gasteiger partial charge on any atom is -0.338 e. The average molecular weight is 430 g/mol. The highest BCUT2D eigenvalue weighted by atomic mass is 35.5. The number of nitrogens with zero attached hydrogens (tertiary/aromatic N) is 5. The summed E-state index contributed by atoms with van der Waals surface area (Å²) in [7, 11) is 0. The number of aromatic nitrogens is 2. The summed E-state index contributed by atoms with van der Waals surface area (Å²) in [5.74, 6) is -1.08. The second kappa shape index (κ2) is 8.27. The Morgan fingerprint density at radius 3 is 2.40 bits per heavy atom. The third-order valence-electron chi connectivity index (χ3n) is 5.30. The molecule has 4 amide bonds. The number of halogens is 1. The van der Waals surface area contributed by atoms with Gasteiger partial charge in [0.05, 0.1) is 5.69 Å². The first-order valence-corrected chi connectivity index (χ1v) is 10.0. The first-order chi connectivity index (χ1) is 14.4. The Bertz CT molecular complexity index is 1040. The van der Waals surface area contributed by atoms with Gasteiger partial charge in [0.25, 0.3) is 0 Å². The largest absolute Gasteiger partial charge is 0.338 e. The van der Waals surface area contributed by atoms with Crippen LogP contribution in [0.5, 0.6) is 0 Å².